The van der Waals surface area contributed by atoms with Crippen LogP contribution in [0.1, 0.15) is 32.7 Å². The SMILES string of the molecule is Cc1ccc(C(=O)Nc2c3c(nn2-c2ccc([N+](=O)[O-])cc2)CS(=O)(=O)C3)cc1C. The van der Waals surface area contributed by atoms with Crippen molar-refractivity contribution >= 4 is 27.2 Å². The molecule has 0 spiro atoms. The Balaban J connectivity index is 1.76. The van der Waals surface area contributed by atoms with Crippen LogP contribution in [-0.2, 0) is 21.3 Å². The quantitative estimate of drug-likeness (QED) is 0.505. The first-order valence-corrected chi connectivity index (χ1v) is 10.9. The molecule has 0 radical (unpaired) electrons. The third-order valence-electron chi connectivity index (χ3n) is 5.09. The monoisotopic (exact) mass is 426 g/mol. The van der Waals surface area contributed by atoms with Crippen LogP contribution in [0, 0.1) is 24.0 Å². The smallest absolute Gasteiger partial charge is 0.269 e. The summed E-state index contributed by atoms with van der Waals surface area (Å²) in [7, 11) is -3.33. The van der Waals surface area contributed by atoms with E-state index < -0.39 is 20.7 Å². The minimum absolute atomic E-state index is 0.0817. The van der Waals surface area contributed by atoms with Gasteiger partial charge in [-0.2, -0.15) is 5.10 Å². The van der Waals surface area contributed by atoms with Crippen molar-refractivity contribution in [2.24, 2.45) is 0 Å². The van der Waals surface area contributed by atoms with Crippen molar-refractivity contribution in [2.75, 3.05) is 5.32 Å². The van der Waals surface area contributed by atoms with Crippen LogP contribution in [0.25, 0.3) is 5.69 Å². The number of non-ortho nitro benzene ring substituents is 1. The van der Waals surface area contributed by atoms with E-state index in [1.807, 2.05) is 19.9 Å². The van der Waals surface area contributed by atoms with E-state index >= 15 is 0 Å². The molecule has 2 heterocycles. The van der Waals surface area contributed by atoms with Crippen LogP contribution in [0.2, 0.25) is 0 Å². The number of nitrogens with one attached hydrogen (secondary N) is 1. The average Bonchev–Trinajstić information content (AvgIpc) is 3.16. The van der Waals surface area contributed by atoms with Gasteiger partial charge in [-0.3, -0.25) is 14.9 Å². The van der Waals surface area contributed by atoms with Gasteiger partial charge in [0.15, 0.2) is 9.84 Å². The van der Waals surface area contributed by atoms with Crippen molar-refractivity contribution in [3.63, 3.8) is 0 Å². The Morgan fingerprint density at radius 1 is 1.10 bits per heavy atom. The molecule has 0 saturated carbocycles. The van der Waals surface area contributed by atoms with Gasteiger partial charge in [0.1, 0.15) is 5.82 Å². The number of nitrogens with zero attached hydrogens (tertiary/aromatic N) is 3. The van der Waals surface area contributed by atoms with E-state index in [1.54, 1.807) is 12.1 Å². The zero-order valence-corrected chi connectivity index (χ0v) is 17.1. The Bertz CT molecular complexity index is 1290. The fraction of sp³-hybridized carbons (Fsp3) is 0.200. The standard InChI is InChI=1S/C20H18N4O5S/c1-12-3-4-14(9-13(12)2)20(25)21-19-17-10-30(28,29)11-18(17)22-23(19)15-5-7-16(8-6-15)24(26)27/h3-9H,10-11H2,1-2H3,(H,21,25). The lowest BCUT2D eigenvalue weighted by molar-refractivity contribution is -0.384. The topological polar surface area (TPSA) is 124 Å². The number of amides is 1. The maximum absolute atomic E-state index is 12.9. The van der Waals surface area contributed by atoms with Crippen LogP contribution < -0.4 is 5.32 Å². The summed E-state index contributed by atoms with van der Waals surface area (Å²) >= 11 is 0. The number of aryl methyl sites for hydroxylation is 2. The molecule has 30 heavy (non-hydrogen) atoms. The number of rotatable bonds is 4. The van der Waals surface area contributed by atoms with Crippen molar-refractivity contribution < 1.29 is 18.1 Å². The van der Waals surface area contributed by atoms with Crippen LogP contribution in [0.4, 0.5) is 11.5 Å². The van der Waals surface area contributed by atoms with Gasteiger partial charge in [-0.25, -0.2) is 13.1 Å². The van der Waals surface area contributed by atoms with Crippen molar-refractivity contribution in [3.05, 3.63) is 80.5 Å². The van der Waals surface area contributed by atoms with Crippen LogP contribution in [-0.4, -0.2) is 29.0 Å². The molecule has 1 N–H and O–H groups in total. The summed E-state index contributed by atoms with van der Waals surface area (Å²) < 4.78 is 25.6. The molecule has 1 aromatic heterocycles. The van der Waals surface area contributed by atoms with E-state index in [-0.39, 0.29) is 23.0 Å². The zero-order chi connectivity index (χ0) is 21.6. The molecule has 0 bridgehead atoms. The number of hydrogen-bond acceptors (Lipinski definition) is 6. The van der Waals surface area contributed by atoms with Crippen molar-refractivity contribution in [1.82, 2.24) is 9.78 Å². The second-order valence-corrected chi connectivity index (χ2v) is 9.31. The molecule has 0 atom stereocenters. The highest BCUT2D eigenvalue weighted by molar-refractivity contribution is 7.90. The fourth-order valence-electron chi connectivity index (χ4n) is 3.34. The third-order valence-corrected chi connectivity index (χ3v) is 6.54. The molecule has 2 aromatic carbocycles. The molecule has 4 rings (SSSR count). The van der Waals surface area contributed by atoms with Gasteiger partial charge >= 0.3 is 0 Å². The Kier molecular flexibility index (Phi) is 4.65. The number of hydrogen-bond donors (Lipinski definition) is 1. The predicted octanol–water partition coefficient (Wildman–Crippen LogP) is 3.08. The summed E-state index contributed by atoms with van der Waals surface area (Å²) in [6.07, 6.45) is 0. The molecule has 0 aliphatic carbocycles. The Hall–Kier alpha value is -3.53. The van der Waals surface area contributed by atoms with Gasteiger partial charge < -0.3 is 5.32 Å². The second-order valence-electron chi connectivity index (χ2n) is 7.24. The number of anilines is 1. The third kappa shape index (κ3) is 3.57. The molecule has 154 valence electrons. The number of sulfone groups is 1. The number of aromatic nitrogens is 2. The first-order chi connectivity index (χ1) is 14.1. The summed E-state index contributed by atoms with van der Waals surface area (Å²) in [5, 5.41) is 18.1. The maximum Gasteiger partial charge on any atom is 0.269 e. The summed E-state index contributed by atoms with van der Waals surface area (Å²) in [4.78, 5) is 23.3. The number of benzene rings is 2. The van der Waals surface area contributed by atoms with Gasteiger partial charge in [0.25, 0.3) is 11.6 Å². The molecule has 1 amide bonds. The minimum atomic E-state index is -3.33. The number of carbonyl (C=O) groups is 1. The normalized spacial score (nSPS) is 14.3. The fourth-order valence-corrected chi connectivity index (χ4v) is 4.83. The maximum atomic E-state index is 12.9. The number of carbonyl (C=O) groups excluding carboxylic acids is 1. The Morgan fingerprint density at radius 2 is 1.80 bits per heavy atom. The summed E-state index contributed by atoms with van der Waals surface area (Å²) in [6.45, 7) is 3.84. The van der Waals surface area contributed by atoms with E-state index in [9.17, 15) is 23.3 Å². The molecule has 1 aliphatic rings. The molecule has 0 fully saturated rings. The molecule has 0 saturated heterocycles. The van der Waals surface area contributed by atoms with Gasteiger partial charge in [0.2, 0.25) is 0 Å². The number of nitro benzene ring substituents is 1. The minimum Gasteiger partial charge on any atom is -0.306 e. The van der Waals surface area contributed by atoms with E-state index in [4.69, 9.17) is 0 Å². The molecule has 3 aromatic rings. The highest BCUT2D eigenvalue weighted by Crippen LogP contribution is 2.33. The van der Waals surface area contributed by atoms with Gasteiger partial charge in [-0.15, -0.1) is 0 Å². The summed E-state index contributed by atoms with van der Waals surface area (Å²) in [5.74, 6) is -0.580. The van der Waals surface area contributed by atoms with Crippen LogP contribution in [0.3, 0.4) is 0 Å². The number of fused-ring (bicyclic) bond motifs is 1. The van der Waals surface area contributed by atoms with Gasteiger partial charge in [-0.05, 0) is 49.2 Å². The average molecular weight is 426 g/mol. The van der Waals surface area contributed by atoms with Crippen LogP contribution >= 0.6 is 0 Å². The molecule has 1 aliphatic heterocycles. The number of nitro groups is 1. The van der Waals surface area contributed by atoms with Crippen LogP contribution in [0.5, 0.6) is 0 Å². The summed E-state index contributed by atoms with van der Waals surface area (Å²) in [6, 6.07) is 10.9. The Morgan fingerprint density at radius 3 is 2.43 bits per heavy atom. The Labute approximate surface area is 172 Å². The lowest BCUT2D eigenvalue weighted by Crippen LogP contribution is -2.17. The molecular formula is C20H18N4O5S. The van der Waals surface area contributed by atoms with Crippen molar-refractivity contribution in [1.29, 1.82) is 0 Å². The highest BCUT2D eigenvalue weighted by atomic mass is 32.2. The van der Waals surface area contributed by atoms with Crippen molar-refractivity contribution in [2.45, 2.75) is 25.4 Å². The van der Waals surface area contributed by atoms with Gasteiger partial charge in [0, 0.05) is 23.3 Å². The lowest BCUT2D eigenvalue weighted by Gasteiger charge is -2.12. The summed E-state index contributed by atoms with van der Waals surface area (Å²) in [5.41, 5.74) is 3.64. The zero-order valence-electron chi connectivity index (χ0n) is 16.2. The van der Waals surface area contributed by atoms with E-state index in [1.165, 1.54) is 28.9 Å². The first kappa shape index (κ1) is 19.8. The molecular weight excluding hydrogens is 408 g/mol. The largest absolute Gasteiger partial charge is 0.306 e. The highest BCUT2D eigenvalue weighted by Gasteiger charge is 2.33. The first-order valence-electron chi connectivity index (χ1n) is 9.09. The molecule has 9 nitrogen and oxygen atoms in total. The van der Waals surface area contributed by atoms with Crippen LogP contribution in [0.15, 0.2) is 42.5 Å². The van der Waals surface area contributed by atoms with Gasteiger partial charge in [-0.1, -0.05) is 6.07 Å². The van der Waals surface area contributed by atoms with E-state index in [0.29, 0.717) is 22.5 Å². The predicted molar refractivity (Wildman–Crippen MR) is 110 cm³/mol. The molecule has 10 heteroatoms. The second kappa shape index (κ2) is 7.06. The van der Waals surface area contributed by atoms with E-state index in [2.05, 4.69) is 10.4 Å². The van der Waals surface area contributed by atoms with Crippen molar-refractivity contribution in [3.8, 4) is 5.69 Å². The van der Waals surface area contributed by atoms with Gasteiger partial charge in [0.05, 0.1) is 27.8 Å². The van der Waals surface area contributed by atoms with E-state index in [0.717, 1.165) is 11.1 Å². The molecule has 0 unspecified atom stereocenters. The lowest BCUT2D eigenvalue weighted by atomic mass is 10.1.